The minimum Gasteiger partial charge on any atom is -0.475 e. The Labute approximate surface area is 204 Å². The molecule has 2 N–H and O–H groups in total. The Morgan fingerprint density at radius 3 is 1.91 bits per heavy atom. The van der Waals surface area contributed by atoms with Crippen molar-refractivity contribution in [3.05, 3.63) is 71.1 Å². The van der Waals surface area contributed by atoms with Crippen molar-refractivity contribution in [3.63, 3.8) is 0 Å². The van der Waals surface area contributed by atoms with Crippen LogP contribution < -0.4 is 15.7 Å². The first-order valence-electron chi connectivity index (χ1n) is 11.2. The first-order chi connectivity index (χ1) is 16.4. The van der Waals surface area contributed by atoms with Gasteiger partial charge in [0.2, 0.25) is 0 Å². The van der Waals surface area contributed by atoms with Gasteiger partial charge in [0.15, 0.2) is 0 Å². The molecule has 0 aliphatic carbocycles. The number of aliphatic carboxylic acids is 1. The number of benzene rings is 2. The molecule has 1 aliphatic rings. The highest BCUT2D eigenvalue weighted by Gasteiger charge is 2.50. The average molecular weight is 509 g/mol. The van der Waals surface area contributed by atoms with Gasteiger partial charge >= 0.3 is 12.1 Å². The minimum absolute atomic E-state index is 0.0159. The van der Waals surface area contributed by atoms with Crippen LogP contribution in [-0.4, -0.2) is 50.8 Å². The highest BCUT2D eigenvalue weighted by atomic mass is 28.4. The lowest BCUT2D eigenvalue weighted by molar-refractivity contribution is -0.192. The number of piperidine rings is 1. The zero-order valence-corrected chi connectivity index (χ0v) is 21.0. The number of rotatable bonds is 6. The van der Waals surface area contributed by atoms with E-state index in [1.165, 1.54) is 10.4 Å². The first-order valence-corrected chi connectivity index (χ1v) is 13.2. The van der Waals surface area contributed by atoms with Crippen molar-refractivity contribution in [1.29, 1.82) is 0 Å². The zero-order valence-electron chi connectivity index (χ0n) is 20.0. The molecule has 1 aliphatic heterocycles. The second-order valence-electron chi connectivity index (χ2n) is 9.32. The van der Waals surface area contributed by atoms with Crippen LogP contribution in [0.2, 0.25) is 5.04 Å². The van der Waals surface area contributed by atoms with E-state index in [1.54, 1.807) is 0 Å². The van der Waals surface area contributed by atoms with Crippen LogP contribution >= 0.6 is 0 Å². The molecule has 3 rings (SSSR count). The summed E-state index contributed by atoms with van der Waals surface area (Å²) < 4.78 is 38.7. The molecule has 0 amide bonds. The third-order valence-electron chi connectivity index (χ3n) is 5.87. The van der Waals surface area contributed by atoms with Crippen LogP contribution in [0, 0.1) is 0 Å². The van der Waals surface area contributed by atoms with Crippen molar-refractivity contribution in [2.75, 3.05) is 13.2 Å². The van der Waals surface area contributed by atoms with Gasteiger partial charge in [0, 0.05) is 23.5 Å². The SMILES string of the molecule is CC(C)(C)[Si](OCC1CCC(N=[N+]=[N-])CN1)(c1ccccc1)c1ccccc1.O=C(O)C(F)(F)F. The molecule has 1 fully saturated rings. The number of carboxylic acid groups (broad SMARTS) is 1. The second-order valence-corrected chi connectivity index (χ2v) is 13.6. The molecule has 0 aromatic heterocycles. The molecule has 35 heavy (non-hydrogen) atoms. The second kappa shape index (κ2) is 12.2. The molecule has 1 saturated heterocycles. The normalized spacial score (nSPS) is 18.6. The summed E-state index contributed by atoms with van der Waals surface area (Å²) in [4.78, 5) is 11.8. The Morgan fingerprint density at radius 1 is 1.09 bits per heavy atom. The van der Waals surface area contributed by atoms with Crippen LogP contribution in [0.15, 0.2) is 65.8 Å². The lowest BCUT2D eigenvalue weighted by Crippen LogP contribution is -2.67. The maximum atomic E-state index is 10.6. The predicted octanol–water partition coefficient (Wildman–Crippen LogP) is 4.63. The van der Waals surface area contributed by atoms with Crippen molar-refractivity contribution >= 4 is 24.7 Å². The van der Waals surface area contributed by atoms with Crippen LogP contribution in [0.25, 0.3) is 10.4 Å². The fourth-order valence-electron chi connectivity index (χ4n) is 4.20. The molecule has 1 heterocycles. The molecule has 7 nitrogen and oxygen atoms in total. The standard InChI is InChI=1S/C22H30N4OSi.C2HF3O2/c1-22(2,3)28(20-10-6-4-7-11-20,21-12-8-5-9-13-21)27-17-19-15-14-18(16-24-19)25-26-23;3-2(4,5)1(6)7/h4-13,18-19,24H,14-17H2,1-3H3;(H,6,7). The smallest absolute Gasteiger partial charge is 0.475 e. The average Bonchev–Trinajstić information content (AvgIpc) is 2.81. The Bertz CT molecular complexity index is 947. The number of azide groups is 1. The molecule has 0 saturated carbocycles. The van der Waals surface area contributed by atoms with E-state index < -0.39 is 20.5 Å². The fourth-order valence-corrected chi connectivity index (χ4v) is 8.81. The number of alkyl halides is 3. The van der Waals surface area contributed by atoms with Gasteiger partial charge in [-0.15, -0.1) is 0 Å². The van der Waals surface area contributed by atoms with Crippen molar-refractivity contribution < 1.29 is 27.5 Å². The highest BCUT2D eigenvalue weighted by Crippen LogP contribution is 2.37. The third-order valence-corrected chi connectivity index (χ3v) is 10.9. The van der Waals surface area contributed by atoms with Gasteiger partial charge in [0.25, 0.3) is 8.32 Å². The summed E-state index contributed by atoms with van der Waals surface area (Å²) in [7, 11) is -2.49. The molecule has 2 aromatic carbocycles. The van der Waals surface area contributed by atoms with Gasteiger partial charge < -0.3 is 14.8 Å². The monoisotopic (exact) mass is 508 g/mol. The third kappa shape index (κ3) is 7.56. The number of hydrogen-bond acceptors (Lipinski definition) is 4. The lowest BCUT2D eigenvalue weighted by Gasteiger charge is -2.44. The highest BCUT2D eigenvalue weighted by molar-refractivity contribution is 6.99. The molecule has 190 valence electrons. The number of nitrogens with zero attached hydrogens (tertiary/aromatic N) is 3. The Kier molecular flexibility index (Phi) is 9.90. The topological polar surface area (TPSA) is 107 Å². The maximum Gasteiger partial charge on any atom is 0.490 e. The molecule has 11 heteroatoms. The van der Waals surface area contributed by atoms with E-state index in [9.17, 15) is 13.2 Å². The van der Waals surface area contributed by atoms with Crippen molar-refractivity contribution in [2.24, 2.45) is 5.11 Å². The summed E-state index contributed by atoms with van der Waals surface area (Å²) in [5.74, 6) is -2.76. The van der Waals surface area contributed by atoms with Crippen molar-refractivity contribution in [2.45, 2.75) is 56.9 Å². The molecule has 0 radical (unpaired) electrons. The quantitative estimate of drug-likeness (QED) is 0.257. The van der Waals surface area contributed by atoms with Gasteiger partial charge in [-0.25, -0.2) is 4.79 Å². The zero-order chi connectivity index (χ0) is 26.1. The molecule has 0 bridgehead atoms. The molecular formula is C24H31F3N4O3Si. The maximum absolute atomic E-state index is 10.6. The number of halogens is 3. The minimum atomic E-state index is -5.08. The van der Waals surface area contributed by atoms with Crippen molar-refractivity contribution in [1.82, 2.24) is 5.32 Å². The summed E-state index contributed by atoms with van der Waals surface area (Å²) in [5, 5.41) is 17.1. The summed E-state index contributed by atoms with van der Waals surface area (Å²) in [6.45, 7) is 8.27. The van der Waals surface area contributed by atoms with Crippen LogP contribution in [0.4, 0.5) is 13.2 Å². The molecular weight excluding hydrogens is 477 g/mol. The predicted molar refractivity (Wildman–Crippen MR) is 131 cm³/mol. The fraction of sp³-hybridized carbons (Fsp3) is 0.458. The number of carbonyl (C=O) groups is 1. The van der Waals surface area contributed by atoms with Crippen LogP contribution in [0.3, 0.4) is 0 Å². The van der Waals surface area contributed by atoms with Gasteiger partial charge in [-0.2, -0.15) is 13.2 Å². The van der Waals surface area contributed by atoms with Crippen LogP contribution in [-0.2, 0) is 9.22 Å². The summed E-state index contributed by atoms with van der Waals surface area (Å²) in [5.41, 5.74) is 8.65. The number of nitrogens with one attached hydrogen (secondary N) is 1. The van der Waals surface area contributed by atoms with Gasteiger partial charge in [-0.1, -0.05) is 86.5 Å². The summed E-state index contributed by atoms with van der Waals surface area (Å²) in [6, 6.07) is 21.8. The molecule has 2 aromatic rings. The van der Waals surface area contributed by atoms with E-state index in [0.29, 0.717) is 6.61 Å². The van der Waals surface area contributed by atoms with Gasteiger partial charge in [-0.05, 0) is 33.8 Å². The van der Waals surface area contributed by atoms with Crippen molar-refractivity contribution in [3.8, 4) is 0 Å². The Morgan fingerprint density at radius 2 is 1.57 bits per heavy atom. The number of carboxylic acids is 1. The first kappa shape index (κ1) is 28.4. The van der Waals surface area contributed by atoms with E-state index in [4.69, 9.17) is 19.9 Å². The van der Waals surface area contributed by atoms with Gasteiger partial charge in [0.1, 0.15) is 0 Å². The van der Waals surface area contributed by atoms with E-state index in [1.807, 2.05) is 0 Å². The Balaban J connectivity index is 0.000000540. The summed E-state index contributed by atoms with van der Waals surface area (Å²) in [6.07, 6.45) is -3.21. The van der Waals surface area contributed by atoms with Gasteiger partial charge in [0.05, 0.1) is 6.61 Å². The van der Waals surface area contributed by atoms with E-state index in [-0.39, 0.29) is 17.1 Å². The molecule has 0 spiro atoms. The van der Waals surface area contributed by atoms with E-state index >= 15 is 0 Å². The van der Waals surface area contributed by atoms with Gasteiger partial charge in [-0.3, -0.25) is 0 Å². The van der Waals surface area contributed by atoms with E-state index in [2.05, 4.69) is 96.8 Å². The summed E-state index contributed by atoms with van der Waals surface area (Å²) >= 11 is 0. The largest absolute Gasteiger partial charge is 0.490 e. The van der Waals surface area contributed by atoms with E-state index in [0.717, 1.165) is 19.4 Å². The number of hydrogen-bond donors (Lipinski definition) is 2. The molecule has 2 unspecified atom stereocenters. The molecule has 2 atom stereocenters. The Hall–Kier alpha value is -2.85. The van der Waals surface area contributed by atoms with Crippen LogP contribution in [0.1, 0.15) is 33.6 Å². The van der Waals surface area contributed by atoms with Crippen LogP contribution in [0.5, 0.6) is 0 Å². The lowest BCUT2D eigenvalue weighted by atomic mass is 10.0.